The van der Waals surface area contributed by atoms with Gasteiger partial charge in [0.2, 0.25) is 0 Å². The van der Waals surface area contributed by atoms with Gasteiger partial charge in [-0.2, -0.15) is 0 Å². The molecule has 2 unspecified atom stereocenters. The van der Waals surface area contributed by atoms with E-state index in [-0.39, 0.29) is 6.10 Å². The molecular weight excluding hydrogens is 548 g/mol. The van der Waals surface area contributed by atoms with E-state index >= 15 is 0 Å². The second kappa shape index (κ2) is 12.6. The van der Waals surface area contributed by atoms with E-state index in [2.05, 4.69) is 62.1 Å². The van der Waals surface area contributed by atoms with Crippen molar-refractivity contribution in [1.82, 2.24) is 9.47 Å². The van der Waals surface area contributed by atoms with Gasteiger partial charge in [-0.25, -0.2) is 0 Å². The summed E-state index contributed by atoms with van der Waals surface area (Å²) in [5.41, 5.74) is 4.16. The van der Waals surface area contributed by atoms with Gasteiger partial charge in [0.1, 0.15) is 5.75 Å². The lowest BCUT2D eigenvalue weighted by atomic mass is 9.89. The van der Waals surface area contributed by atoms with Crippen LogP contribution < -0.4 is 15.4 Å². The average Bonchev–Trinajstić information content (AvgIpc) is 3.76. The zero-order valence-corrected chi connectivity index (χ0v) is 25.5. The van der Waals surface area contributed by atoms with Crippen LogP contribution in [-0.4, -0.2) is 90.6 Å². The molecule has 8 nitrogen and oxygen atoms in total. The van der Waals surface area contributed by atoms with Crippen molar-refractivity contribution in [3.63, 3.8) is 0 Å². The molecule has 0 bridgehead atoms. The van der Waals surface area contributed by atoms with E-state index < -0.39 is 9.52 Å². The fraction of sp³-hybridized carbons (Fsp3) is 0.485. The maximum atomic E-state index is 12.3. The summed E-state index contributed by atoms with van der Waals surface area (Å²) in [5, 5.41) is 8.44. The van der Waals surface area contributed by atoms with E-state index in [1.54, 1.807) is 19.4 Å². The predicted molar refractivity (Wildman–Crippen MR) is 172 cm³/mol. The summed E-state index contributed by atoms with van der Waals surface area (Å²) in [7, 11) is -0.709. The molecule has 3 fully saturated rings. The molecule has 3 aliphatic rings. The summed E-state index contributed by atoms with van der Waals surface area (Å²) in [6.45, 7) is 5.91. The van der Waals surface area contributed by atoms with Crippen molar-refractivity contribution in [3.8, 4) is 17.6 Å². The highest BCUT2D eigenvalue weighted by Gasteiger charge is 2.28. The first kappa shape index (κ1) is 28.9. The lowest BCUT2D eigenvalue weighted by Gasteiger charge is -2.39. The van der Waals surface area contributed by atoms with E-state index in [0.29, 0.717) is 29.3 Å². The lowest BCUT2D eigenvalue weighted by Crippen LogP contribution is -2.46. The number of epoxide rings is 1. The number of rotatable bonds is 9. The Morgan fingerprint density at radius 1 is 1.10 bits per heavy atom. The van der Waals surface area contributed by atoms with E-state index in [4.69, 9.17) is 14.2 Å². The minimum atomic E-state index is -2.32. The molecular formula is C33H42N4O4S. The van der Waals surface area contributed by atoms with Crippen molar-refractivity contribution >= 4 is 37.7 Å². The van der Waals surface area contributed by atoms with Crippen molar-refractivity contribution < 1.29 is 18.4 Å². The van der Waals surface area contributed by atoms with Crippen LogP contribution in [0.25, 0.3) is 10.9 Å². The molecule has 2 aliphatic heterocycles. The number of benzene rings is 2. The number of nitrogens with one attached hydrogen (secondary N) is 2. The largest absolute Gasteiger partial charge is 0.495 e. The third-order valence-electron chi connectivity index (χ3n) is 8.61. The maximum Gasteiger partial charge on any atom is 0.143 e. The fourth-order valence-corrected chi connectivity index (χ4v) is 6.91. The quantitative estimate of drug-likeness (QED) is 0.219. The van der Waals surface area contributed by atoms with Crippen LogP contribution in [0.1, 0.15) is 31.4 Å². The van der Waals surface area contributed by atoms with Crippen LogP contribution in [0, 0.1) is 11.8 Å². The smallest absolute Gasteiger partial charge is 0.143 e. The van der Waals surface area contributed by atoms with Gasteiger partial charge < -0.3 is 29.4 Å². The normalized spacial score (nSPS) is 23.9. The van der Waals surface area contributed by atoms with Gasteiger partial charge in [-0.15, -0.1) is 0 Å². The highest BCUT2D eigenvalue weighted by Crippen LogP contribution is 2.32. The Hall–Kier alpha value is -3.16. The minimum absolute atomic E-state index is 0.246. The van der Waals surface area contributed by atoms with Gasteiger partial charge >= 0.3 is 0 Å². The molecule has 0 spiro atoms. The average molecular weight is 591 g/mol. The van der Waals surface area contributed by atoms with E-state index in [1.165, 1.54) is 42.3 Å². The first-order valence-corrected chi connectivity index (χ1v) is 17.1. The molecule has 1 aliphatic carbocycles. The van der Waals surface area contributed by atoms with Gasteiger partial charge in [0.25, 0.3) is 0 Å². The fourth-order valence-electron chi connectivity index (χ4n) is 6.20. The molecule has 2 atom stereocenters. The zero-order chi connectivity index (χ0) is 29.1. The second-order valence-electron chi connectivity index (χ2n) is 11.7. The molecule has 224 valence electrons. The highest BCUT2D eigenvalue weighted by molar-refractivity contribution is 7.99. The van der Waals surface area contributed by atoms with E-state index in [1.807, 2.05) is 12.1 Å². The maximum absolute atomic E-state index is 12.3. The van der Waals surface area contributed by atoms with Crippen LogP contribution in [0.3, 0.4) is 0 Å². The Morgan fingerprint density at radius 3 is 2.60 bits per heavy atom. The summed E-state index contributed by atoms with van der Waals surface area (Å²) in [6, 6.07) is 15.4. The first-order chi connectivity index (χ1) is 20.4. The number of morpholine rings is 1. The minimum Gasteiger partial charge on any atom is -0.495 e. The SMILES string of the molecule is C=S(C)(=O)c1ccc(NCC#Cc2cc3c(NC4CCC(N5CCOCC5)CC4)cccc3n2CC2CO2)c(OC)c1. The molecule has 3 aromatic rings. The van der Waals surface area contributed by atoms with Crippen LogP contribution in [-0.2, 0) is 25.5 Å². The molecule has 2 N–H and O–H groups in total. The van der Waals surface area contributed by atoms with Crippen molar-refractivity contribution in [2.24, 2.45) is 0 Å². The van der Waals surface area contributed by atoms with Gasteiger partial charge in [0.05, 0.1) is 63.0 Å². The summed E-state index contributed by atoms with van der Waals surface area (Å²) in [5.74, 6) is 11.1. The Morgan fingerprint density at radius 2 is 1.88 bits per heavy atom. The molecule has 0 radical (unpaired) electrons. The molecule has 2 aromatic carbocycles. The Bertz CT molecular complexity index is 1570. The van der Waals surface area contributed by atoms with Crippen LogP contribution in [0.5, 0.6) is 5.75 Å². The molecule has 1 saturated carbocycles. The van der Waals surface area contributed by atoms with Crippen molar-refractivity contribution in [2.75, 3.05) is 63.5 Å². The Balaban J connectivity index is 1.16. The molecule has 42 heavy (non-hydrogen) atoms. The van der Waals surface area contributed by atoms with Crippen LogP contribution in [0.4, 0.5) is 11.4 Å². The number of fused-ring (bicyclic) bond motifs is 1. The highest BCUT2D eigenvalue weighted by atomic mass is 32.2. The number of methoxy groups -OCH3 is 1. The van der Waals surface area contributed by atoms with Crippen molar-refractivity contribution in [2.45, 2.75) is 55.3 Å². The van der Waals surface area contributed by atoms with Gasteiger partial charge in [-0.3, -0.25) is 9.11 Å². The number of nitrogens with zero attached hydrogens (tertiary/aromatic N) is 2. The summed E-state index contributed by atoms with van der Waals surface area (Å²) in [4.78, 5) is 3.29. The topological polar surface area (TPSA) is 80.3 Å². The third kappa shape index (κ3) is 6.73. The molecule has 2 saturated heterocycles. The molecule has 3 heterocycles. The van der Waals surface area contributed by atoms with E-state index in [0.717, 1.165) is 50.8 Å². The monoisotopic (exact) mass is 590 g/mol. The molecule has 9 heteroatoms. The molecule has 6 rings (SSSR count). The van der Waals surface area contributed by atoms with Gasteiger partial charge in [-0.1, -0.05) is 12.0 Å². The summed E-state index contributed by atoms with van der Waals surface area (Å²) < 4.78 is 31.3. The number of hydrogen-bond acceptors (Lipinski definition) is 7. The van der Waals surface area contributed by atoms with Crippen LogP contribution >= 0.6 is 0 Å². The zero-order valence-electron chi connectivity index (χ0n) is 24.7. The van der Waals surface area contributed by atoms with Crippen molar-refractivity contribution in [1.29, 1.82) is 0 Å². The van der Waals surface area contributed by atoms with Crippen molar-refractivity contribution in [3.05, 3.63) is 48.2 Å². The van der Waals surface area contributed by atoms with Crippen LogP contribution in [0.2, 0.25) is 0 Å². The summed E-state index contributed by atoms with van der Waals surface area (Å²) in [6.07, 6.45) is 6.71. The molecule has 0 amide bonds. The van der Waals surface area contributed by atoms with E-state index in [9.17, 15) is 4.21 Å². The predicted octanol–water partition coefficient (Wildman–Crippen LogP) is 4.27. The number of hydrogen-bond donors (Lipinski definition) is 2. The number of anilines is 2. The Kier molecular flexibility index (Phi) is 8.68. The third-order valence-corrected chi connectivity index (χ3v) is 9.86. The summed E-state index contributed by atoms with van der Waals surface area (Å²) >= 11 is 0. The Labute approximate surface area is 249 Å². The lowest BCUT2D eigenvalue weighted by molar-refractivity contribution is 0.00791. The molecule has 1 aromatic heterocycles. The number of ether oxygens (including phenoxy) is 3. The van der Waals surface area contributed by atoms with Gasteiger partial charge in [0, 0.05) is 47.4 Å². The van der Waals surface area contributed by atoms with Gasteiger partial charge in [0.15, 0.2) is 0 Å². The second-order valence-corrected chi connectivity index (χ2v) is 14.1. The van der Waals surface area contributed by atoms with Gasteiger partial charge in [-0.05, 0) is 83.4 Å². The first-order valence-electron chi connectivity index (χ1n) is 14.9. The number of aromatic nitrogens is 1. The van der Waals surface area contributed by atoms with Crippen LogP contribution in [0.15, 0.2) is 47.4 Å². The standard InChI is InChI=1S/C33H42N4O4S/c1-39-33-21-28(42(2,3)38)13-14-31(33)34-15-5-6-26-20-29-30(7-4-8-32(29)37(26)22-27-23-41-27)35-24-9-11-25(12-10-24)36-16-18-40-19-17-36/h4,7-8,13-14,20-21,24-25,27,34-35H,2,9-12,15-19,22-23H2,1,3H3.